The van der Waals surface area contributed by atoms with Crippen LogP contribution in [0, 0.1) is 6.92 Å². The topological polar surface area (TPSA) is 47.8 Å². The molecule has 25 heavy (non-hydrogen) atoms. The molecule has 2 heterocycles. The number of hydrogen-bond acceptors (Lipinski definition) is 5. The van der Waals surface area contributed by atoms with Gasteiger partial charge in [-0.15, -0.1) is 0 Å². The number of likely N-dealkylation sites (N-methyl/N-ethyl adjacent to an activating group) is 2. The van der Waals surface area contributed by atoms with Gasteiger partial charge in [-0.3, -0.25) is 4.90 Å². The van der Waals surface area contributed by atoms with Crippen molar-refractivity contribution in [2.45, 2.75) is 19.6 Å². The van der Waals surface area contributed by atoms with E-state index >= 15 is 0 Å². The van der Waals surface area contributed by atoms with Gasteiger partial charge in [-0.2, -0.15) is 0 Å². The number of hydrogen-bond donors (Lipinski definition) is 1. The molecule has 6 nitrogen and oxygen atoms in total. The maximum Gasteiger partial charge on any atom is 0.106 e. The SMILES string of the molecule is Cc1nc2ccccc2n1CCN(C)CC(O)CN1CCN(C)CC1. The van der Waals surface area contributed by atoms with E-state index in [2.05, 4.69) is 63.5 Å². The number of piperazine rings is 1. The molecule has 1 aliphatic rings. The molecule has 6 heteroatoms. The number of rotatable bonds is 7. The van der Waals surface area contributed by atoms with E-state index in [9.17, 15) is 5.11 Å². The first kappa shape index (κ1) is 18.3. The number of aliphatic hydroxyl groups is 1. The Kier molecular flexibility index (Phi) is 6.06. The van der Waals surface area contributed by atoms with Crippen molar-refractivity contribution in [3.8, 4) is 0 Å². The molecule has 0 radical (unpaired) electrons. The Balaban J connectivity index is 1.47. The molecule has 1 saturated heterocycles. The summed E-state index contributed by atoms with van der Waals surface area (Å²) in [5.41, 5.74) is 2.24. The maximum atomic E-state index is 10.4. The average Bonchev–Trinajstić information content (AvgIpc) is 2.90. The summed E-state index contributed by atoms with van der Waals surface area (Å²) < 4.78 is 2.26. The van der Waals surface area contributed by atoms with Gasteiger partial charge in [-0.1, -0.05) is 12.1 Å². The highest BCUT2D eigenvalue weighted by Gasteiger charge is 2.18. The molecule has 138 valence electrons. The second kappa shape index (κ2) is 8.27. The van der Waals surface area contributed by atoms with Crippen LogP contribution in [0.5, 0.6) is 0 Å². The van der Waals surface area contributed by atoms with E-state index in [0.717, 1.165) is 57.2 Å². The van der Waals surface area contributed by atoms with E-state index in [-0.39, 0.29) is 6.10 Å². The highest BCUT2D eigenvalue weighted by atomic mass is 16.3. The van der Waals surface area contributed by atoms with Gasteiger partial charge in [0, 0.05) is 52.4 Å². The van der Waals surface area contributed by atoms with Crippen molar-refractivity contribution in [1.82, 2.24) is 24.3 Å². The summed E-state index contributed by atoms with van der Waals surface area (Å²) in [7, 11) is 4.24. The number of aryl methyl sites for hydroxylation is 1. The van der Waals surface area contributed by atoms with E-state index in [1.54, 1.807) is 0 Å². The molecule has 1 fully saturated rings. The van der Waals surface area contributed by atoms with Crippen LogP contribution in [0.15, 0.2) is 24.3 Å². The van der Waals surface area contributed by atoms with E-state index in [4.69, 9.17) is 0 Å². The van der Waals surface area contributed by atoms with Crippen LogP contribution >= 0.6 is 0 Å². The summed E-state index contributed by atoms with van der Waals surface area (Å²) in [6.45, 7) is 9.62. The molecule has 2 aromatic rings. The number of aromatic nitrogens is 2. The minimum Gasteiger partial charge on any atom is -0.390 e. The minimum absolute atomic E-state index is 0.297. The van der Waals surface area contributed by atoms with E-state index in [0.29, 0.717) is 6.54 Å². The molecule has 0 saturated carbocycles. The minimum atomic E-state index is -0.297. The van der Waals surface area contributed by atoms with Gasteiger partial charge in [0.25, 0.3) is 0 Å². The number of nitrogens with zero attached hydrogens (tertiary/aromatic N) is 5. The van der Waals surface area contributed by atoms with Crippen molar-refractivity contribution in [1.29, 1.82) is 0 Å². The van der Waals surface area contributed by atoms with Crippen molar-refractivity contribution >= 4 is 11.0 Å². The quantitative estimate of drug-likeness (QED) is 0.807. The highest BCUT2D eigenvalue weighted by molar-refractivity contribution is 5.75. The zero-order valence-corrected chi connectivity index (χ0v) is 15.7. The van der Waals surface area contributed by atoms with Crippen molar-refractivity contribution in [2.75, 3.05) is 59.9 Å². The Morgan fingerprint density at radius 3 is 2.68 bits per heavy atom. The lowest BCUT2D eigenvalue weighted by Crippen LogP contribution is -2.48. The Morgan fingerprint density at radius 1 is 1.20 bits per heavy atom. The maximum absolute atomic E-state index is 10.4. The summed E-state index contributed by atoms with van der Waals surface area (Å²) in [5.74, 6) is 1.05. The van der Waals surface area contributed by atoms with Crippen LogP contribution in [0.3, 0.4) is 0 Å². The summed E-state index contributed by atoms with van der Waals surface area (Å²) in [5, 5.41) is 10.4. The predicted octanol–water partition coefficient (Wildman–Crippen LogP) is 0.885. The zero-order chi connectivity index (χ0) is 17.8. The third-order valence-electron chi connectivity index (χ3n) is 5.14. The molecule has 3 rings (SSSR count). The molecule has 1 unspecified atom stereocenters. The van der Waals surface area contributed by atoms with Crippen LogP contribution in [0.1, 0.15) is 5.82 Å². The van der Waals surface area contributed by atoms with Crippen LogP contribution in [-0.2, 0) is 6.54 Å². The monoisotopic (exact) mass is 345 g/mol. The Labute approximate surface area is 150 Å². The van der Waals surface area contributed by atoms with E-state index in [1.165, 1.54) is 5.52 Å². The smallest absolute Gasteiger partial charge is 0.106 e. The second-order valence-corrected chi connectivity index (χ2v) is 7.32. The molecule has 1 aromatic carbocycles. The van der Waals surface area contributed by atoms with Gasteiger partial charge in [0.2, 0.25) is 0 Å². The Bertz CT molecular complexity index is 678. The number of fused-ring (bicyclic) bond motifs is 1. The first-order chi connectivity index (χ1) is 12.0. The lowest BCUT2D eigenvalue weighted by Gasteiger charge is -2.34. The molecule has 0 aliphatic carbocycles. The van der Waals surface area contributed by atoms with Crippen LogP contribution in [0.4, 0.5) is 0 Å². The number of imidazole rings is 1. The number of benzene rings is 1. The number of para-hydroxylation sites is 2. The average molecular weight is 345 g/mol. The van der Waals surface area contributed by atoms with Crippen molar-refractivity contribution in [3.05, 3.63) is 30.1 Å². The van der Waals surface area contributed by atoms with Gasteiger partial charge in [-0.05, 0) is 33.2 Å². The zero-order valence-electron chi connectivity index (χ0n) is 15.7. The van der Waals surface area contributed by atoms with E-state index in [1.807, 2.05) is 6.07 Å². The summed E-state index contributed by atoms with van der Waals surface area (Å²) in [6, 6.07) is 8.27. The van der Waals surface area contributed by atoms with Gasteiger partial charge in [-0.25, -0.2) is 4.98 Å². The third-order valence-corrected chi connectivity index (χ3v) is 5.14. The molecular weight excluding hydrogens is 314 g/mol. The van der Waals surface area contributed by atoms with Gasteiger partial charge in [0.1, 0.15) is 5.82 Å². The fourth-order valence-electron chi connectivity index (χ4n) is 3.59. The van der Waals surface area contributed by atoms with Crippen LogP contribution in [-0.4, -0.2) is 95.4 Å². The van der Waals surface area contributed by atoms with Crippen molar-refractivity contribution in [2.24, 2.45) is 0 Å². The number of aliphatic hydroxyl groups excluding tert-OH is 1. The first-order valence-corrected chi connectivity index (χ1v) is 9.22. The van der Waals surface area contributed by atoms with Gasteiger partial charge in [0.05, 0.1) is 17.1 Å². The van der Waals surface area contributed by atoms with Crippen LogP contribution in [0.2, 0.25) is 0 Å². The molecule has 0 spiro atoms. The Hall–Kier alpha value is -1.47. The van der Waals surface area contributed by atoms with Gasteiger partial charge in [0.15, 0.2) is 0 Å². The fraction of sp³-hybridized carbons (Fsp3) is 0.632. The molecular formula is C19H31N5O. The predicted molar refractivity (Wildman–Crippen MR) is 102 cm³/mol. The van der Waals surface area contributed by atoms with Gasteiger partial charge >= 0.3 is 0 Å². The summed E-state index contributed by atoms with van der Waals surface area (Å²) in [4.78, 5) is 11.5. The molecule has 1 N–H and O–H groups in total. The fourth-order valence-corrected chi connectivity index (χ4v) is 3.59. The summed E-state index contributed by atoms with van der Waals surface area (Å²) in [6.07, 6.45) is -0.297. The van der Waals surface area contributed by atoms with E-state index < -0.39 is 0 Å². The second-order valence-electron chi connectivity index (χ2n) is 7.32. The highest BCUT2D eigenvalue weighted by Crippen LogP contribution is 2.15. The van der Waals surface area contributed by atoms with Crippen LogP contribution in [0.25, 0.3) is 11.0 Å². The lowest BCUT2D eigenvalue weighted by molar-refractivity contribution is 0.0602. The van der Waals surface area contributed by atoms with Crippen molar-refractivity contribution < 1.29 is 5.11 Å². The lowest BCUT2D eigenvalue weighted by atomic mass is 10.2. The van der Waals surface area contributed by atoms with Crippen molar-refractivity contribution in [3.63, 3.8) is 0 Å². The van der Waals surface area contributed by atoms with Crippen LogP contribution < -0.4 is 0 Å². The van der Waals surface area contributed by atoms with Gasteiger partial charge < -0.3 is 19.5 Å². The molecule has 0 bridgehead atoms. The standard InChI is InChI=1S/C19H31N5O/c1-16-20-18-6-4-5-7-19(18)24(16)13-10-22(3)14-17(25)15-23-11-8-21(2)9-12-23/h4-7,17,25H,8-15H2,1-3H3. The first-order valence-electron chi connectivity index (χ1n) is 9.22. The third kappa shape index (κ3) is 4.79. The summed E-state index contributed by atoms with van der Waals surface area (Å²) >= 11 is 0. The molecule has 1 aromatic heterocycles. The molecule has 0 amide bonds. The largest absolute Gasteiger partial charge is 0.390 e. The normalized spacial score (nSPS) is 18.3. The molecule has 1 aliphatic heterocycles. The molecule has 1 atom stereocenters. The number of β-amino-alcohol motifs (C(OH)–C–C–N with tert-alkyl or cyclic N) is 1. The Morgan fingerprint density at radius 2 is 1.92 bits per heavy atom.